The Bertz CT molecular complexity index is 845. The van der Waals surface area contributed by atoms with Gasteiger partial charge in [0.25, 0.3) is 0 Å². The maximum atomic E-state index is 12.5. The molecule has 3 rings (SSSR count). The molecule has 0 aliphatic rings. The molecule has 4 nitrogen and oxygen atoms in total. The molecule has 3 aromatic rings. The van der Waals surface area contributed by atoms with E-state index in [0.29, 0.717) is 27.9 Å². The van der Waals surface area contributed by atoms with E-state index in [-0.39, 0.29) is 16.9 Å². The minimum absolute atomic E-state index is 0.0532. The Morgan fingerprint density at radius 3 is 2.30 bits per heavy atom. The highest BCUT2D eigenvalue weighted by Crippen LogP contribution is 2.26. The Labute approximate surface area is 114 Å². The van der Waals surface area contributed by atoms with Gasteiger partial charge in [-0.25, -0.2) is 0 Å². The van der Waals surface area contributed by atoms with Gasteiger partial charge < -0.3 is 14.6 Å². The first kappa shape index (κ1) is 12.3. The number of fused-ring (bicyclic) bond motifs is 1. The average Bonchev–Trinajstić information content (AvgIpc) is 2.40. The first-order valence-corrected chi connectivity index (χ1v) is 6.12. The van der Waals surface area contributed by atoms with Crippen LogP contribution < -0.4 is 5.43 Å². The fourth-order valence-corrected chi connectivity index (χ4v) is 2.26. The molecule has 0 saturated heterocycles. The van der Waals surface area contributed by atoms with Crippen molar-refractivity contribution in [2.45, 2.75) is 6.92 Å². The van der Waals surface area contributed by atoms with Crippen LogP contribution >= 0.6 is 0 Å². The molecule has 0 spiro atoms. The lowest BCUT2D eigenvalue weighted by atomic mass is 10.0. The van der Waals surface area contributed by atoms with E-state index in [1.165, 1.54) is 24.3 Å². The van der Waals surface area contributed by atoms with Crippen LogP contribution in [0.1, 0.15) is 5.76 Å². The van der Waals surface area contributed by atoms with Gasteiger partial charge in [0.2, 0.25) is 5.43 Å². The van der Waals surface area contributed by atoms with Gasteiger partial charge in [-0.15, -0.1) is 0 Å². The summed E-state index contributed by atoms with van der Waals surface area (Å²) in [5, 5.41) is 19.2. The maximum absolute atomic E-state index is 12.5. The standard InChI is InChI=1S/C16H12O4/c1-9-15(10-2-4-11(17)5-3-10)16(19)13-7-6-12(18)8-14(13)20-9/h2-8,17-18H,1H3. The Morgan fingerprint density at radius 1 is 0.950 bits per heavy atom. The predicted octanol–water partition coefficient (Wildman–Crippen LogP) is 3.18. The van der Waals surface area contributed by atoms with Crippen molar-refractivity contribution < 1.29 is 14.6 Å². The van der Waals surface area contributed by atoms with Crippen LogP contribution in [0.4, 0.5) is 0 Å². The molecule has 0 saturated carbocycles. The fourth-order valence-electron chi connectivity index (χ4n) is 2.26. The van der Waals surface area contributed by atoms with E-state index < -0.39 is 0 Å². The van der Waals surface area contributed by atoms with Crippen molar-refractivity contribution in [2.75, 3.05) is 0 Å². The van der Waals surface area contributed by atoms with Crippen LogP contribution in [-0.2, 0) is 0 Å². The molecule has 1 aromatic heterocycles. The largest absolute Gasteiger partial charge is 0.508 e. The Hall–Kier alpha value is -2.75. The van der Waals surface area contributed by atoms with Crippen molar-refractivity contribution >= 4 is 11.0 Å². The summed E-state index contributed by atoms with van der Waals surface area (Å²) in [5.41, 5.74) is 1.34. The lowest BCUT2D eigenvalue weighted by molar-refractivity contribution is 0.473. The molecule has 2 N–H and O–H groups in total. The third-order valence-electron chi connectivity index (χ3n) is 3.21. The Kier molecular flexibility index (Phi) is 2.71. The summed E-state index contributed by atoms with van der Waals surface area (Å²) in [6.45, 7) is 1.70. The molecular weight excluding hydrogens is 256 g/mol. The second kappa shape index (κ2) is 4.42. The second-order valence-electron chi connectivity index (χ2n) is 4.59. The van der Waals surface area contributed by atoms with E-state index in [1.54, 1.807) is 25.1 Å². The third kappa shape index (κ3) is 1.91. The first-order chi connectivity index (χ1) is 9.56. The molecule has 0 bridgehead atoms. The summed E-state index contributed by atoms with van der Waals surface area (Å²) < 4.78 is 5.62. The molecule has 2 aromatic carbocycles. The molecule has 100 valence electrons. The van der Waals surface area contributed by atoms with Crippen molar-refractivity contribution in [3.05, 3.63) is 58.4 Å². The van der Waals surface area contributed by atoms with E-state index in [1.807, 2.05) is 0 Å². The zero-order valence-electron chi connectivity index (χ0n) is 10.8. The van der Waals surface area contributed by atoms with E-state index >= 15 is 0 Å². The minimum atomic E-state index is -0.158. The molecular formula is C16H12O4. The molecule has 0 aliphatic heterocycles. The molecule has 0 radical (unpaired) electrons. The minimum Gasteiger partial charge on any atom is -0.508 e. The SMILES string of the molecule is Cc1oc2cc(O)ccc2c(=O)c1-c1ccc(O)cc1. The number of hydrogen-bond acceptors (Lipinski definition) is 4. The van der Waals surface area contributed by atoms with Crippen molar-refractivity contribution in [3.8, 4) is 22.6 Å². The molecule has 20 heavy (non-hydrogen) atoms. The van der Waals surface area contributed by atoms with E-state index in [9.17, 15) is 15.0 Å². The van der Waals surface area contributed by atoms with Crippen LogP contribution in [0.15, 0.2) is 51.7 Å². The van der Waals surface area contributed by atoms with E-state index in [4.69, 9.17) is 4.42 Å². The van der Waals surface area contributed by atoms with Crippen molar-refractivity contribution in [3.63, 3.8) is 0 Å². The highest BCUT2D eigenvalue weighted by molar-refractivity contribution is 5.83. The lowest BCUT2D eigenvalue weighted by Gasteiger charge is -2.07. The zero-order chi connectivity index (χ0) is 14.3. The van der Waals surface area contributed by atoms with Gasteiger partial charge in [0.05, 0.1) is 10.9 Å². The molecule has 0 aliphatic carbocycles. The topological polar surface area (TPSA) is 70.7 Å². The molecule has 0 fully saturated rings. The van der Waals surface area contributed by atoms with Crippen molar-refractivity contribution in [2.24, 2.45) is 0 Å². The van der Waals surface area contributed by atoms with Crippen LogP contribution in [0, 0.1) is 6.92 Å². The highest BCUT2D eigenvalue weighted by atomic mass is 16.3. The first-order valence-electron chi connectivity index (χ1n) is 6.12. The predicted molar refractivity (Wildman–Crippen MR) is 76.0 cm³/mol. The van der Waals surface area contributed by atoms with Gasteiger partial charge in [-0.1, -0.05) is 12.1 Å². The number of phenols is 2. The van der Waals surface area contributed by atoms with Crippen LogP contribution in [0.3, 0.4) is 0 Å². The van der Waals surface area contributed by atoms with Gasteiger partial charge in [0.1, 0.15) is 22.8 Å². The fraction of sp³-hybridized carbons (Fsp3) is 0.0625. The van der Waals surface area contributed by atoms with Gasteiger partial charge in [-0.2, -0.15) is 0 Å². The van der Waals surface area contributed by atoms with Gasteiger partial charge >= 0.3 is 0 Å². The van der Waals surface area contributed by atoms with Crippen LogP contribution in [0.2, 0.25) is 0 Å². The maximum Gasteiger partial charge on any atom is 0.200 e. The van der Waals surface area contributed by atoms with Gasteiger partial charge in [-0.05, 0) is 36.8 Å². The smallest absolute Gasteiger partial charge is 0.200 e. The Morgan fingerprint density at radius 2 is 1.60 bits per heavy atom. The van der Waals surface area contributed by atoms with Gasteiger partial charge in [0, 0.05) is 6.07 Å². The lowest BCUT2D eigenvalue weighted by Crippen LogP contribution is -2.07. The highest BCUT2D eigenvalue weighted by Gasteiger charge is 2.13. The summed E-state index contributed by atoms with van der Waals surface area (Å²) in [6, 6.07) is 10.8. The quantitative estimate of drug-likeness (QED) is 0.711. The Balaban J connectivity index is 2.34. The number of benzene rings is 2. The number of aryl methyl sites for hydroxylation is 1. The van der Waals surface area contributed by atoms with Crippen molar-refractivity contribution in [1.82, 2.24) is 0 Å². The number of aromatic hydroxyl groups is 2. The van der Waals surface area contributed by atoms with Crippen molar-refractivity contribution in [1.29, 1.82) is 0 Å². The van der Waals surface area contributed by atoms with Gasteiger partial charge in [0.15, 0.2) is 0 Å². The zero-order valence-corrected chi connectivity index (χ0v) is 10.8. The van der Waals surface area contributed by atoms with Crippen LogP contribution in [-0.4, -0.2) is 10.2 Å². The molecule has 0 amide bonds. The molecule has 1 heterocycles. The second-order valence-corrected chi connectivity index (χ2v) is 4.59. The molecule has 4 heteroatoms. The van der Waals surface area contributed by atoms with Crippen LogP contribution in [0.25, 0.3) is 22.1 Å². The van der Waals surface area contributed by atoms with Gasteiger partial charge in [-0.3, -0.25) is 4.79 Å². The number of hydrogen-bond donors (Lipinski definition) is 2. The monoisotopic (exact) mass is 268 g/mol. The summed E-state index contributed by atoms with van der Waals surface area (Å²) in [5.74, 6) is 0.665. The van der Waals surface area contributed by atoms with E-state index in [0.717, 1.165) is 0 Å². The summed E-state index contributed by atoms with van der Waals surface area (Å²) in [6.07, 6.45) is 0. The summed E-state index contributed by atoms with van der Waals surface area (Å²) in [7, 11) is 0. The third-order valence-corrected chi connectivity index (χ3v) is 3.21. The van der Waals surface area contributed by atoms with Crippen LogP contribution in [0.5, 0.6) is 11.5 Å². The average molecular weight is 268 g/mol. The van der Waals surface area contributed by atoms with E-state index in [2.05, 4.69) is 0 Å². The number of phenolic OH excluding ortho intramolecular Hbond substituents is 2. The summed E-state index contributed by atoms with van der Waals surface area (Å²) in [4.78, 5) is 12.5. The normalized spacial score (nSPS) is 10.8. The molecule has 0 atom stereocenters. The number of rotatable bonds is 1. The molecule has 0 unspecified atom stereocenters. The summed E-state index contributed by atoms with van der Waals surface area (Å²) >= 11 is 0.